The fraction of sp³-hybridized carbons (Fsp3) is 0.500. The number of amides is 2. The van der Waals surface area contributed by atoms with Gasteiger partial charge < -0.3 is 36.2 Å². The topological polar surface area (TPSA) is 262 Å². The summed E-state index contributed by atoms with van der Waals surface area (Å²) in [4.78, 5) is 103. The third-order valence-corrected chi connectivity index (χ3v) is 10.4. The van der Waals surface area contributed by atoms with Gasteiger partial charge in [-0.15, -0.1) is 0 Å². The summed E-state index contributed by atoms with van der Waals surface area (Å²) in [7, 11) is 0. The number of nitrogens with one attached hydrogen (secondary N) is 2. The van der Waals surface area contributed by atoms with Gasteiger partial charge in [0.1, 0.15) is 23.3 Å². The molecule has 1 aliphatic carbocycles. The summed E-state index contributed by atoms with van der Waals surface area (Å²) in [5.74, 6) is -10.4. The number of carboxylic acid groups (broad SMARTS) is 2. The van der Waals surface area contributed by atoms with E-state index in [1.54, 1.807) is 13.8 Å². The van der Waals surface area contributed by atoms with Crippen LogP contribution in [-0.4, -0.2) is 91.1 Å². The molecule has 2 amide bonds. The summed E-state index contributed by atoms with van der Waals surface area (Å²) < 4.78 is 0. The number of aromatic hydroxyl groups is 2. The number of Topliss-reactive ketones (excluding diaryl/α,β-unsaturated/α-hetero) is 2. The van der Waals surface area contributed by atoms with E-state index in [1.165, 1.54) is 31.2 Å². The minimum Gasteiger partial charge on any atom is -0.507 e. The number of carboxylic acids is 2. The van der Waals surface area contributed by atoms with Gasteiger partial charge in [-0.25, -0.2) is 0 Å². The van der Waals surface area contributed by atoms with Crippen molar-refractivity contribution in [3.63, 3.8) is 0 Å². The van der Waals surface area contributed by atoms with Crippen LogP contribution < -0.4 is 10.6 Å². The number of carbonyl (C=O) groups is 8. The molecule has 0 fully saturated rings. The fourth-order valence-electron chi connectivity index (χ4n) is 6.74. The maximum Gasteiger partial charge on any atom is 0.304 e. The van der Waals surface area contributed by atoms with Gasteiger partial charge in [0.15, 0.2) is 17.3 Å². The quantitative estimate of drug-likeness (QED) is 0.0769. The van der Waals surface area contributed by atoms with Gasteiger partial charge in [-0.2, -0.15) is 0 Å². The molecule has 298 valence electrons. The molecule has 2 unspecified atom stereocenters. The number of ketones is 4. The first-order valence-corrected chi connectivity index (χ1v) is 18.3. The van der Waals surface area contributed by atoms with E-state index in [1.807, 2.05) is 13.8 Å². The van der Waals surface area contributed by atoms with Crippen LogP contribution in [0, 0.1) is 30.6 Å². The van der Waals surface area contributed by atoms with Crippen LogP contribution in [0.2, 0.25) is 0 Å². The highest BCUT2D eigenvalue weighted by atomic mass is 16.4. The molecule has 2 aromatic rings. The van der Waals surface area contributed by atoms with Gasteiger partial charge in [-0.3, -0.25) is 38.4 Å². The molecule has 15 heteroatoms. The van der Waals surface area contributed by atoms with Crippen LogP contribution in [0.3, 0.4) is 0 Å². The van der Waals surface area contributed by atoms with Gasteiger partial charge >= 0.3 is 11.9 Å². The largest absolute Gasteiger partial charge is 0.507 e. The summed E-state index contributed by atoms with van der Waals surface area (Å²) in [5.41, 5.74) is 0.342. The second-order valence-corrected chi connectivity index (χ2v) is 14.4. The van der Waals surface area contributed by atoms with Crippen LogP contribution >= 0.6 is 0 Å². The lowest BCUT2D eigenvalue weighted by Gasteiger charge is -2.26. The van der Waals surface area contributed by atoms with Crippen LogP contribution in [0.25, 0.3) is 0 Å². The molecule has 6 atom stereocenters. The van der Waals surface area contributed by atoms with Gasteiger partial charge in [-0.1, -0.05) is 39.3 Å². The monoisotopic (exact) mass is 766 g/mol. The smallest absolute Gasteiger partial charge is 0.304 e. The number of rotatable bonds is 21. The molecule has 1 aliphatic rings. The van der Waals surface area contributed by atoms with E-state index in [9.17, 15) is 63.9 Å². The molecule has 2 aromatic carbocycles. The predicted molar refractivity (Wildman–Crippen MR) is 197 cm³/mol. The maximum atomic E-state index is 13.5. The first-order chi connectivity index (χ1) is 25.8. The molecule has 0 aromatic heterocycles. The first-order valence-electron chi connectivity index (χ1n) is 18.3. The Kier molecular flexibility index (Phi) is 15.4. The lowest BCUT2D eigenvalue weighted by atomic mass is 9.78. The number of benzene rings is 2. The molecule has 0 spiro atoms. The predicted octanol–water partition coefficient (Wildman–Crippen LogP) is 3.27. The van der Waals surface area contributed by atoms with Crippen molar-refractivity contribution < 1.29 is 63.9 Å². The van der Waals surface area contributed by atoms with Gasteiger partial charge in [0.2, 0.25) is 11.8 Å². The molecular formula is C40H50N2O13. The average Bonchev–Trinajstić information content (AvgIpc) is 3.12. The number of aryl methyl sites for hydroxylation is 2. The van der Waals surface area contributed by atoms with Crippen LogP contribution in [0.1, 0.15) is 116 Å². The summed E-state index contributed by atoms with van der Waals surface area (Å²) >= 11 is 0. The Morgan fingerprint density at radius 3 is 1.89 bits per heavy atom. The Morgan fingerprint density at radius 2 is 1.31 bits per heavy atom. The van der Waals surface area contributed by atoms with E-state index >= 15 is 0 Å². The van der Waals surface area contributed by atoms with E-state index in [-0.39, 0.29) is 71.9 Å². The molecule has 3 rings (SSSR count). The summed E-state index contributed by atoms with van der Waals surface area (Å²) in [6.45, 7) is 8.25. The molecule has 0 heterocycles. The molecule has 0 aliphatic heterocycles. The zero-order chi connectivity index (χ0) is 41.3. The highest BCUT2D eigenvalue weighted by molar-refractivity contribution is 6.31. The van der Waals surface area contributed by atoms with Crippen LogP contribution in [-0.2, 0) is 35.2 Å². The van der Waals surface area contributed by atoms with Crippen LogP contribution in [0.4, 0.5) is 0 Å². The number of phenols is 2. The number of hydrogen-bond acceptors (Lipinski definition) is 11. The van der Waals surface area contributed by atoms with Gasteiger partial charge in [0, 0.05) is 48.8 Å². The van der Waals surface area contributed by atoms with E-state index < -0.39 is 96.0 Å². The van der Waals surface area contributed by atoms with E-state index in [0.717, 1.165) is 0 Å². The lowest BCUT2D eigenvalue weighted by molar-refractivity contribution is -0.143. The third-order valence-electron chi connectivity index (χ3n) is 10.4. The number of aliphatic hydroxyl groups excluding tert-OH is 1. The molecule has 0 radical (unpaired) electrons. The standard InChI is InChI=1S/C40H50N2O13/c1-6-19(2)21(4)28(46)16-24(11-14-30(48)49)40(55)42-36(22(5)43)29(47)17-25(18-31(50)51)39(54)41-15-7-8-23-10-13-27(45)35-33(23)38(53)34-26(44)12-9-20(3)32(34)37(35)52/h9-10,12-13,19,21-22,24-25,36,43-45H,6-8,11,14-18H2,1-5H3,(H,41,54)(H,42,55)(H,48,49)(H,50,51)/t19?,21-,22?,24+,25-,36-/m0/s1. The molecule has 15 nitrogen and oxygen atoms in total. The summed E-state index contributed by atoms with van der Waals surface area (Å²) in [6, 6.07) is 3.91. The van der Waals surface area contributed by atoms with Crippen molar-refractivity contribution in [2.45, 2.75) is 98.1 Å². The fourth-order valence-corrected chi connectivity index (χ4v) is 6.74. The molecule has 0 saturated heterocycles. The third kappa shape index (κ3) is 10.8. The SMILES string of the molecule is CCC(C)[C@H](C)C(=O)C[C@@H](CCC(=O)O)C(=O)N[C@H](C(=O)C[C@@H](CC(=O)O)C(=O)NCCCc1ccc(O)c2c1C(=O)c1c(O)ccc(C)c1C2=O)C(C)O. The lowest BCUT2D eigenvalue weighted by Crippen LogP contribution is -2.51. The normalized spacial score (nSPS) is 15.4. The Balaban J connectivity index is 1.71. The van der Waals surface area contributed by atoms with E-state index in [4.69, 9.17) is 0 Å². The number of fused-ring (bicyclic) bond motifs is 2. The Bertz CT molecular complexity index is 1850. The minimum atomic E-state index is -1.60. The Morgan fingerprint density at radius 1 is 0.727 bits per heavy atom. The number of aliphatic hydroxyl groups is 1. The second-order valence-electron chi connectivity index (χ2n) is 14.4. The summed E-state index contributed by atoms with van der Waals surface area (Å²) in [5, 5.41) is 55.1. The van der Waals surface area contributed by atoms with Crippen molar-refractivity contribution in [2.24, 2.45) is 23.7 Å². The Hall–Kier alpha value is -5.44. The van der Waals surface area contributed by atoms with Gasteiger partial charge in [0.25, 0.3) is 0 Å². The molecule has 0 bridgehead atoms. The second kappa shape index (κ2) is 19.2. The highest BCUT2D eigenvalue weighted by Gasteiger charge is 2.38. The van der Waals surface area contributed by atoms with E-state index in [0.29, 0.717) is 17.5 Å². The Labute approximate surface area is 318 Å². The maximum absolute atomic E-state index is 13.5. The van der Waals surface area contributed by atoms with Crippen molar-refractivity contribution in [1.29, 1.82) is 0 Å². The van der Waals surface area contributed by atoms with Crippen LogP contribution in [0.5, 0.6) is 11.5 Å². The molecule has 0 saturated carbocycles. The van der Waals surface area contributed by atoms with Crippen molar-refractivity contribution in [1.82, 2.24) is 10.6 Å². The van der Waals surface area contributed by atoms with Crippen molar-refractivity contribution >= 4 is 46.9 Å². The first kappa shape index (κ1) is 44.0. The number of hydrogen-bond donors (Lipinski definition) is 7. The van der Waals surface area contributed by atoms with Crippen molar-refractivity contribution in [3.05, 3.63) is 57.6 Å². The molecule has 7 N–H and O–H groups in total. The van der Waals surface area contributed by atoms with Gasteiger partial charge in [0.05, 0.1) is 29.6 Å². The number of phenolic OH excluding ortho intramolecular Hbond substituents is 2. The molecule has 55 heavy (non-hydrogen) atoms. The number of carbonyl (C=O) groups excluding carboxylic acids is 6. The average molecular weight is 767 g/mol. The summed E-state index contributed by atoms with van der Waals surface area (Å²) in [6.07, 6.45) is -2.91. The minimum absolute atomic E-state index is 0.00531. The zero-order valence-electron chi connectivity index (χ0n) is 31.6. The van der Waals surface area contributed by atoms with Crippen molar-refractivity contribution in [2.75, 3.05) is 6.54 Å². The number of aliphatic carboxylic acids is 2. The highest BCUT2D eigenvalue weighted by Crippen LogP contribution is 2.39. The van der Waals surface area contributed by atoms with Crippen molar-refractivity contribution in [3.8, 4) is 11.5 Å². The zero-order valence-corrected chi connectivity index (χ0v) is 31.6. The van der Waals surface area contributed by atoms with Gasteiger partial charge in [-0.05, 0) is 62.3 Å². The molecular weight excluding hydrogens is 716 g/mol. The van der Waals surface area contributed by atoms with E-state index in [2.05, 4.69) is 10.6 Å². The van der Waals surface area contributed by atoms with Crippen LogP contribution in [0.15, 0.2) is 24.3 Å².